The van der Waals surface area contributed by atoms with E-state index < -0.39 is 29.5 Å². The standard InChI is InChI=1S/C37H57F2N5O3/c1-24(2)40-15-17-41(18-16-40)35(47)33-20-28(44(25(3)45)27-11-13-37(7,8)14-12-27)21-43(33)34(46)31-23-42(36(4,5)6)22-30(31)29-10-9-26(38)19-32(29)39/h9-10,19,24,27-28,30-31,33H,11-18,20-23H2,1-8H3/t28?,30-,31+,33-/m0/s1. The van der Waals surface area contributed by atoms with E-state index in [1.54, 1.807) is 11.8 Å². The number of carbonyl (C=O) groups is 3. The molecule has 4 fully saturated rings. The van der Waals surface area contributed by atoms with Crippen LogP contribution in [0, 0.1) is 23.0 Å². The molecule has 4 atom stereocenters. The Kier molecular flexibility index (Phi) is 10.4. The first kappa shape index (κ1) is 35.7. The number of amides is 3. The molecule has 8 nitrogen and oxygen atoms in total. The zero-order chi connectivity index (χ0) is 34.4. The number of hydrogen-bond donors (Lipinski definition) is 0. The minimum Gasteiger partial charge on any atom is -0.338 e. The lowest BCUT2D eigenvalue weighted by molar-refractivity contribution is -0.147. The highest BCUT2D eigenvalue weighted by Crippen LogP contribution is 2.42. The van der Waals surface area contributed by atoms with Gasteiger partial charge in [0.15, 0.2) is 0 Å². The summed E-state index contributed by atoms with van der Waals surface area (Å²) in [4.78, 5) is 52.7. The molecule has 1 aromatic carbocycles. The third-order valence-corrected chi connectivity index (χ3v) is 11.6. The lowest BCUT2D eigenvalue weighted by Crippen LogP contribution is -2.56. The summed E-state index contributed by atoms with van der Waals surface area (Å²) in [7, 11) is 0. The summed E-state index contributed by atoms with van der Waals surface area (Å²) in [6.07, 6.45) is 4.26. The highest BCUT2D eigenvalue weighted by atomic mass is 19.1. The Morgan fingerprint density at radius 1 is 0.915 bits per heavy atom. The van der Waals surface area contributed by atoms with E-state index >= 15 is 4.39 Å². The van der Waals surface area contributed by atoms with Crippen molar-refractivity contribution in [3.05, 3.63) is 35.4 Å². The summed E-state index contributed by atoms with van der Waals surface area (Å²) in [5, 5.41) is 0. The van der Waals surface area contributed by atoms with Gasteiger partial charge in [-0.15, -0.1) is 0 Å². The number of piperazine rings is 1. The Morgan fingerprint density at radius 3 is 2.11 bits per heavy atom. The van der Waals surface area contributed by atoms with E-state index in [-0.39, 0.29) is 47.3 Å². The summed E-state index contributed by atoms with van der Waals surface area (Å²) in [5.41, 5.74) is 0.289. The maximum atomic E-state index is 15.3. The molecular weight excluding hydrogens is 600 g/mol. The van der Waals surface area contributed by atoms with Gasteiger partial charge in [0.25, 0.3) is 0 Å². The van der Waals surface area contributed by atoms with Crippen LogP contribution in [0.4, 0.5) is 8.78 Å². The van der Waals surface area contributed by atoms with Gasteiger partial charge in [0.1, 0.15) is 17.7 Å². The van der Waals surface area contributed by atoms with Crippen molar-refractivity contribution in [2.45, 2.75) is 123 Å². The second-order valence-electron chi connectivity index (χ2n) is 16.6. The first-order chi connectivity index (χ1) is 22.0. The Morgan fingerprint density at radius 2 is 1.55 bits per heavy atom. The third-order valence-electron chi connectivity index (χ3n) is 11.6. The molecule has 1 saturated carbocycles. The number of hydrogen-bond acceptors (Lipinski definition) is 5. The Labute approximate surface area is 280 Å². The van der Waals surface area contributed by atoms with E-state index in [9.17, 15) is 18.8 Å². The second kappa shape index (κ2) is 13.7. The molecule has 47 heavy (non-hydrogen) atoms. The predicted molar refractivity (Wildman–Crippen MR) is 180 cm³/mol. The van der Waals surface area contributed by atoms with Crippen LogP contribution in [0.25, 0.3) is 0 Å². The zero-order valence-corrected chi connectivity index (χ0v) is 29.9. The third kappa shape index (κ3) is 7.69. The minimum atomic E-state index is -0.692. The molecule has 0 aromatic heterocycles. The highest BCUT2D eigenvalue weighted by Gasteiger charge is 2.51. The monoisotopic (exact) mass is 657 g/mol. The quantitative estimate of drug-likeness (QED) is 0.425. The maximum absolute atomic E-state index is 15.3. The molecule has 3 heterocycles. The van der Waals surface area contributed by atoms with E-state index in [0.29, 0.717) is 44.2 Å². The molecule has 10 heteroatoms. The molecule has 1 aromatic rings. The van der Waals surface area contributed by atoms with Gasteiger partial charge < -0.3 is 14.7 Å². The summed E-state index contributed by atoms with van der Waals surface area (Å²) >= 11 is 0. The largest absolute Gasteiger partial charge is 0.338 e. The number of likely N-dealkylation sites (tertiary alicyclic amines) is 2. The number of nitrogens with zero attached hydrogens (tertiary/aromatic N) is 5. The van der Waals surface area contributed by atoms with Crippen molar-refractivity contribution in [3.63, 3.8) is 0 Å². The molecule has 0 radical (unpaired) electrons. The van der Waals surface area contributed by atoms with Crippen molar-refractivity contribution in [1.82, 2.24) is 24.5 Å². The van der Waals surface area contributed by atoms with Crippen LogP contribution in [-0.2, 0) is 14.4 Å². The molecule has 0 bridgehead atoms. The van der Waals surface area contributed by atoms with Crippen LogP contribution < -0.4 is 0 Å². The smallest absolute Gasteiger partial charge is 0.245 e. The van der Waals surface area contributed by atoms with Gasteiger partial charge in [0.05, 0.1) is 12.0 Å². The minimum absolute atomic E-state index is 0.0169. The van der Waals surface area contributed by atoms with Crippen molar-refractivity contribution in [2.75, 3.05) is 45.8 Å². The van der Waals surface area contributed by atoms with Gasteiger partial charge in [0, 0.05) is 82.3 Å². The average Bonchev–Trinajstić information content (AvgIpc) is 3.63. The Hall–Kier alpha value is -2.59. The molecule has 1 aliphatic carbocycles. The van der Waals surface area contributed by atoms with E-state index in [4.69, 9.17) is 0 Å². The van der Waals surface area contributed by atoms with Gasteiger partial charge in [0.2, 0.25) is 17.7 Å². The molecule has 3 amide bonds. The maximum Gasteiger partial charge on any atom is 0.245 e. The van der Waals surface area contributed by atoms with Crippen LogP contribution in [-0.4, -0.2) is 118 Å². The molecular formula is C37H57F2N5O3. The summed E-state index contributed by atoms with van der Waals surface area (Å²) in [5.74, 6) is -2.66. The van der Waals surface area contributed by atoms with E-state index in [1.165, 1.54) is 12.1 Å². The van der Waals surface area contributed by atoms with Crippen LogP contribution in [0.15, 0.2) is 18.2 Å². The fourth-order valence-corrected chi connectivity index (χ4v) is 8.57. The van der Waals surface area contributed by atoms with Crippen molar-refractivity contribution < 1.29 is 23.2 Å². The Bertz CT molecular complexity index is 1310. The SMILES string of the molecule is CC(=O)N(C1CCC(C)(C)CC1)C1C[C@@H](C(=O)N2CCN(C(C)C)CC2)N(C(=O)[C@@H]2CN(C(C)(C)C)C[C@H]2c2ccc(F)cc2F)C1. The first-order valence-electron chi connectivity index (χ1n) is 17.8. The normalized spacial score (nSPS) is 27.9. The molecule has 5 rings (SSSR count). The second-order valence-corrected chi connectivity index (χ2v) is 16.6. The van der Waals surface area contributed by atoms with Crippen molar-refractivity contribution >= 4 is 17.7 Å². The van der Waals surface area contributed by atoms with Crippen LogP contribution >= 0.6 is 0 Å². The fourth-order valence-electron chi connectivity index (χ4n) is 8.57. The van der Waals surface area contributed by atoms with Crippen molar-refractivity contribution in [3.8, 4) is 0 Å². The lowest BCUT2D eigenvalue weighted by Gasteiger charge is -2.42. The topological polar surface area (TPSA) is 67.4 Å². The molecule has 4 aliphatic rings. The van der Waals surface area contributed by atoms with Gasteiger partial charge in [-0.05, 0) is 83.8 Å². The zero-order valence-electron chi connectivity index (χ0n) is 29.9. The van der Waals surface area contributed by atoms with Crippen LogP contribution in [0.2, 0.25) is 0 Å². The average molecular weight is 658 g/mol. The summed E-state index contributed by atoms with van der Waals surface area (Å²) in [6.45, 7) is 20.6. The van der Waals surface area contributed by atoms with Gasteiger partial charge >= 0.3 is 0 Å². The van der Waals surface area contributed by atoms with E-state index in [1.807, 2.05) is 9.80 Å². The van der Waals surface area contributed by atoms with Gasteiger partial charge in [-0.2, -0.15) is 0 Å². The highest BCUT2D eigenvalue weighted by molar-refractivity contribution is 5.90. The number of benzene rings is 1. The van der Waals surface area contributed by atoms with Crippen LogP contribution in [0.1, 0.15) is 99.0 Å². The van der Waals surface area contributed by atoms with Gasteiger partial charge in [-0.1, -0.05) is 19.9 Å². The Balaban J connectivity index is 1.46. The molecule has 3 aliphatic heterocycles. The van der Waals surface area contributed by atoms with Crippen molar-refractivity contribution in [2.24, 2.45) is 11.3 Å². The van der Waals surface area contributed by atoms with E-state index in [0.717, 1.165) is 44.8 Å². The predicted octanol–water partition coefficient (Wildman–Crippen LogP) is 5.12. The van der Waals surface area contributed by atoms with Gasteiger partial charge in [-0.25, -0.2) is 8.78 Å². The lowest BCUT2D eigenvalue weighted by atomic mass is 9.75. The molecule has 0 N–H and O–H groups in total. The fraction of sp³-hybridized carbons (Fsp3) is 0.757. The number of carbonyl (C=O) groups excluding carboxylic acids is 3. The van der Waals surface area contributed by atoms with Crippen LogP contribution in [0.5, 0.6) is 0 Å². The van der Waals surface area contributed by atoms with Gasteiger partial charge in [-0.3, -0.25) is 24.2 Å². The summed E-state index contributed by atoms with van der Waals surface area (Å²) in [6, 6.07) is 3.12. The molecule has 262 valence electrons. The first-order valence-corrected chi connectivity index (χ1v) is 17.8. The number of halogens is 2. The molecule has 0 spiro atoms. The molecule has 3 saturated heterocycles. The molecule has 1 unspecified atom stereocenters. The summed E-state index contributed by atoms with van der Waals surface area (Å²) < 4.78 is 29.3. The number of rotatable bonds is 6. The van der Waals surface area contributed by atoms with E-state index in [2.05, 4.69) is 58.3 Å². The van der Waals surface area contributed by atoms with Crippen LogP contribution in [0.3, 0.4) is 0 Å². The van der Waals surface area contributed by atoms with Crippen molar-refractivity contribution in [1.29, 1.82) is 0 Å².